The number of piperidine rings is 1. The molecule has 0 aromatic carbocycles. The number of nitrogens with zero attached hydrogens (tertiary/aromatic N) is 1. The second-order valence-electron chi connectivity index (χ2n) is 4.02. The van der Waals surface area contributed by atoms with Crippen LogP contribution in [0.5, 0.6) is 0 Å². The van der Waals surface area contributed by atoms with Gasteiger partial charge in [-0.3, -0.25) is 4.99 Å². The topological polar surface area (TPSA) is 76.7 Å². The van der Waals surface area contributed by atoms with Crippen molar-refractivity contribution in [3.8, 4) is 0 Å². The molecule has 1 heterocycles. The summed E-state index contributed by atoms with van der Waals surface area (Å²) in [5, 5.41) is 3.27. The third-order valence-electron chi connectivity index (χ3n) is 2.64. The Kier molecular flexibility index (Phi) is 5.15. The summed E-state index contributed by atoms with van der Waals surface area (Å²) in [5.74, 6) is -0.456. The van der Waals surface area contributed by atoms with Gasteiger partial charge in [-0.05, 0) is 20.8 Å². The molecule has 5 nitrogen and oxygen atoms in total. The van der Waals surface area contributed by atoms with Gasteiger partial charge in [0.25, 0.3) is 0 Å². The molecule has 0 aromatic rings. The molecule has 17 heavy (non-hydrogen) atoms. The maximum Gasteiger partial charge on any atom is 0.354 e. The van der Waals surface area contributed by atoms with Crippen molar-refractivity contribution in [2.45, 2.75) is 33.2 Å². The van der Waals surface area contributed by atoms with E-state index in [-0.39, 0.29) is 5.70 Å². The van der Waals surface area contributed by atoms with Crippen LogP contribution in [0.3, 0.4) is 0 Å². The third kappa shape index (κ3) is 3.56. The van der Waals surface area contributed by atoms with E-state index in [1.54, 1.807) is 6.92 Å². The first-order valence-corrected chi connectivity index (χ1v) is 6.02. The minimum Gasteiger partial charge on any atom is -0.461 e. The molecular formula is C12H21N3O2. The number of carbonyl (C=O) groups is 1. The van der Waals surface area contributed by atoms with E-state index in [1.807, 2.05) is 6.92 Å². The van der Waals surface area contributed by atoms with Crippen molar-refractivity contribution in [1.82, 2.24) is 5.32 Å². The van der Waals surface area contributed by atoms with Crippen LogP contribution >= 0.6 is 0 Å². The number of rotatable bonds is 3. The smallest absolute Gasteiger partial charge is 0.354 e. The lowest BCUT2D eigenvalue weighted by Crippen LogP contribution is -2.40. The van der Waals surface area contributed by atoms with Gasteiger partial charge in [-0.25, -0.2) is 4.79 Å². The summed E-state index contributed by atoms with van der Waals surface area (Å²) in [6.45, 7) is 7.42. The molecule has 1 aliphatic rings. The Labute approximate surface area is 102 Å². The molecule has 5 heteroatoms. The van der Waals surface area contributed by atoms with E-state index in [0.717, 1.165) is 17.7 Å². The highest BCUT2D eigenvalue weighted by Gasteiger charge is 2.23. The molecule has 0 aliphatic carbocycles. The van der Waals surface area contributed by atoms with Gasteiger partial charge in [0.1, 0.15) is 5.70 Å². The lowest BCUT2D eigenvalue weighted by Gasteiger charge is -2.25. The van der Waals surface area contributed by atoms with Gasteiger partial charge in [-0.2, -0.15) is 0 Å². The summed E-state index contributed by atoms with van der Waals surface area (Å²) in [7, 11) is 0. The summed E-state index contributed by atoms with van der Waals surface area (Å²) >= 11 is 0. The van der Waals surface area contributed by atoms with Gasteiger partial charge in [0.05, 0.1) is 6.61 Å². The Morgan fingerprint density at radius 2 is 2.29 bits per heavy atom. The van der Waals surface area contributed by atoms with Gasteiger partial charge in [0.15, 0.2) is 0 Å². The number of carbonyl (C=O) groups excluding carboxylic acids is 1. The number of esters is 1. The van der Waals surface area contributed by atoms with Crippen molar-refractivity contribution in [2.24, 2.45) is 10.7 Å². The zero-order valence-electron chi connectivity index (χ0n) is 10.7. The Hall–Kier alpha value is -1.36. The second kappa shape index (κ2) is 6.39. The Morgan fingerprint density at radius 1 is 1.59 bits per heavy atom. The normalized spacial score (nSPS) is 25.8. The van der Waals surface area contributed by atoms with Crippen LogP contribution in [0.15, 0.2) is 16.3 Å². The minimum absolute atomic E-state index is 0.179. The van der Waals surface area contributed by atoms with Crippen LogP contribution in [0.4, 0.5) is 0 Å². The molecule has 1 rings (SSSR count). The van der Waals surface area contributed by atoms with Crippen molar-refractivity contribution >= 4 is 11.7 Å². The summed E-state index contributed by atoms with van der Waals surface area (Å²) in [5.41, 5.74) is 7.71. The van der Waals surface area contributed by atoms with Crippen LogP contribution in [0.25, 0.3) is 0 Å². The van der Waals surface area contributed by atoms with Crippen LogP contribution in [-0.2, 0) is 9.53 Å². The van der Waals surface area contributed by atoms with E-state index in [2.05, 4.69) is 17.2 Å². The first kappa shape index (κ1) is 13.7. The van der Waals surface area contributed by atoms with Crippen molar-refractivity contribution < 1.29 is 9.53 Å². The average molecular weight is 239 g/mol. The number of hydrogen-bond donors (Lipinski definition) is 2. The fourth-order valence-electron chi connectivity index (χ4n) is 1.80. The fourth-order valence-corrected chi connectivity index (χ4v) is 1.80. The molecule has 96 valence electrons. The molecule has 0 aromatic heterocycles. The van der Waals surface area contributed by atoms with Gasteiger partial charge in [-0.15, -0.1) is 0 Å². The number of ether oxygens (including phenoxy) is 1. The summed E-state index contributed by atoms with van der Waals surface area (Å²) in [6, 6.07) is 0.360. The fraction of sp³-hybridized carbons (Fsp3) is 0.667. The summed E-state index contributed by atoms with van der Waals surface area (Å²) in [6.07, 6.45) is 0.795. The molecular weight excluding hydrogens is 218 g/mol. The van der Waals surface area contributed by atoms with Crippen molar-refractivity contribution in [1.29, 1.82) is 0 Å². The van der Waals surface area contributed by atoms with Crippen LogP contribution in [0.2, 0.25) is 0 Å². The molecule has 0 bridgehead atoms. The molecule has 0 spiro atoms. The second-order valence-corrected chi connectivity index (χ2v) is 4.02. The van der Waals surface area contributed by atoms with E-state index >= 15 is 0 Å². The molecule has 1 aliphatic heterocycles. The predicted molar refractivity (Wildman–Crippen MR) is 67.9 cm³/mol. The third-order valence-corrected chi connectivity index (χ3v) is 2.64. The van der Waals surface area contributed by atoms with Gasteiger partial charge in [-0.1, -0.05) is 0 Å². The molecule has 1 unspecified atom stereocenters. The van der Waals surface area contributed by atoms with Gasteiger partial charge < -0.3 is 15.8 Å². The summed E-state index contributed by atoms with van der Waals surface area (Å²) in [4.78, 5) is 16.0. The van der Waals surface area contributed by atoms with Crippen LogP contribution in [0.1, 0.15) is 27.2 Å². The lowest BCUT2D eigenvalue weighted by molar-refractivity contribution is -0.138. The zero-order valence-corrected chi connectivity index (χ0v) is 10.7. The zero-order chi connectivity index (χ0) is 12.8. The van der Waals surface area contributed by atoms with E-state index < -0.39 is 5.97 Å². The van der Waals surface area contributed by atoms with Crippen molar-refractivity contribution in [3.63, 3.8) is 0 Å². The quantitative estimate of drug-likeness (QED) is 0.558. The van der Waals surface area contributed by atoms with E-state index in [1.165, 1.54) is 0 Å². The van der Waals surface area contributed by atoms with E-state index in [4.69, 9.17) is 10.5 Å². The maximum absolute atomic E-state index is 11.6. The molecule has 1 fully saturated rings. The van der Waals surface area contributed by atoms with Gasteiger partial charge >= 0.3 is 5.97 Å². The number of nitrogens with one attached hydrogen (secondary N) is 1. The van der Waals surface area contributed by atoms with Crippen molar-refractivity contribution in [2.75, 3.05) is 19.7 Å². The van der Waals surface area contributed by atoms with Gasteiger partial charge in [0, 0.05) is 36.8 Å². The van der Waals surface area contributed by atoms with E-state index in [9.17, 15) is 4.79 Å². The van der Waals surface area contributed by atoms with Crippen LogP contribution in [-0.4, -0.2) is 37.4 Å². The monoisotopic (exact) mass is 239 g/mol. The number of aliphatic imine (C=N–C) groups is 1. The molecule has 1 atom stereocenters. The standard InChI is InChI=1S/C12H21N3O2/c1-4-14-10-6-8(3)15-7-9(10)11(13)12(16)17-5-2/h8,15H,4-7,13H2,1-3H3/b11-9-,14-10?. The molecule has 1 saturated heterocycles. The lowest BCUT2D eigenvalue weighted by atomic mass is 9.97. The molecule has 3 N–H and O–H groups in total. The van der Waals surface area contributed by atoms with Gasteiger partial charge in [0.2, 0.25) is 0 Å². The van der Waals surface area contributed by atoms with Crippen LogP contribution < -0.4 is 11.1 Å². The first-order chi connectivity index (χ1) is 8.10. The average Bonchev–Trinajstić information content (AvgIpc) is 2.29. The highest BCUT2D eigenvalue weighted by molar-refractivity contribution is 6.07. The van der Waals surface area contributed by atoms with Crippen LogP contribution in [0, 0.1) is 0 Å². The van der Waals surface area contributed by atoms with E-state index in [0.29, 0.717) is 25.7 Å². The highest BCUT2D eigenvalue weighted by atomic mass is 16.5. The molecule has 0 radical (unpaired) electrons. The maximum atomic E-state index is 11.6. The number of hydrogen-bond acceptors (Lipinski definition) is 5. The highest BCUT2D eigenvalue weighted by Crippen LogP contribution is 2.14. The molecule has 0 saturated carbocycles. The Bertz CT molecular complexity index is 348. The SMILES string of the molecule is CCN=C1CC(C)NC/C1=C(/N)C(=O)OCC. The first-order valence-electron chi connectivity index (χ1n) is 6.02. The van der Waals surface area contributed by atoms with Crippen molar-refractivity contribution in [3.05, 3.63) is 11.3 Å². The predicted octanol–water partition coefficient (Wildman–Crippen LogP) is 0.605. The number of nitrogens with two attached hydrogens (primary N) is 1. The minimum atomic E-state index is -0.456. The molecule has 0 amide bonds. The summed E-state index contributed by atoms with van der Waals surface area (Å²) < 4.78 is 4.91. The Morgan fingerprint density at radius 3 is 2.88 bits per heavy atom. The Balaban J connectivity index is 2.96. The largest absolute Gasteiger partial charge is 0.461 e.